The van der Waals surface area contributed by atoms with Crippen molar-refractivity contribution in [2.45, 2.75) is 91.4 Å². The number of primary amides is 1. The van der Waals surface area contributed by atoms with Crippen molar-refractivity contribution in [3.63, 3.8) is 0 Å². The maximum absolute atomic E-state index is 13.4. The van der Waals surface area contributed by atoms with Gasteiger partial charge in [-0.15, -0.1) is 0 Å². The van der Waals surface area contributed by atoms with Crippen molar-refractivity contribution in [2.24, 2.45) is 17.6 Å². The van der Waals surface area contributed by atoms with Gasteiger partial charge in [-0.2, -0.15) is 0 Å². The van der Waals surface area contributed by atoms with E-state index in [1.807, 2.05) is 27.7 Å². The van der Waals surface area contributed by atoms with Gasteiger partial charge in [0.1, 0.15) is 12.1 Å². The molecule has 58 heavy (non-hydrogen) atoms. The summed E-state index contributed by atoms with van der Waals surface area (Å²) in [6, 6.07) is -3.32. The summed E-state index contributed by atoms with van der Waals surface area (Å²) in [6.07, 6.45) is 1.07. The quantitative estimate of drug-likeness (QED) is 0.0456. The largest absolute Gasteiger partial charge is 0.382 e. The highest BCUT2D eigenvalue weighted by Gasteiger charge is 2.31. The lowest BCUT2D eigenvalue weighted by Gasteiger charge is -2.28. The summed E-state index contributed by atoms with van der Waals surface area (Å²) in [4.78, 5) is 63.5. The van der Waals surface area contributed by atoms with Gasteiger partial charge in [0, 0.05) is 39.1 Å². The molecular weight excluding hydrogens is 760 g/mol. The molecule has 3 atom stereocenters. The number of hydrogen-bond acceptors (Lipinski definition) is 14. The second-order valence-electron chi connectivity index (χ2n) is 14.5. The summed E-state index contributed by atoms with van der Waals surface area (Å²) < 4.78 is 43.0. The summed E-state index contributed by atoms with van der Waals surface area (Å²) in [5.74, 6) is -1.62. The molecule has 0 aromatic carbocycles. The molecule has 5 amide bonds. The van der Waals surface area contributed by atoms with Gasteiger partial charge in [-0.25, -0.2) is 4.79 Å². The van der Waals surface area contributed by atoms with Crippen LogP contribution in [0.1, 0.15) is 67.2 Å². The summed E-state index contributed by atoms with van der Waals surface area (Å²) in [5, 5.41) is 14.0. The average molecular weight is 837 g/mol. The number of hydrogen-bond donors (Lipinski definition) is 6. The number of amides is 5. The van der Waals surface area contributed by atoms with Gasteiger partial charge in [0.25, 0.3) is 0 Å². The second kappa shape index (κ2) is 37.0. The zero-order valence-corrected chi connectivity index (χ0v) is 36.2. The Morgan fingerprint density at radius 2 is 1.03 bits per heavy atom. The summed E-state index contributed by atoms with van der Waals surface area (Å²) >= 11 is 0. The zero-order valence-electron chi connectivity index (χ0n) is 36.2. The minimum absolute atomic E-state index is 0.0118. The molecule has 0 aliphatic rings. The van der Waals surface area contributed by atoms with E-state index in [2.05, 4.69) is 26.6 Å². The highest BCUT2D eigenvalue weighted by Crippen LogP contribution is 2.10. The fourth-order valence-corrected chi connectivity index (χ4v) is 5.09. The monoisotopic (exact) mass is 837 g/mol. The minimum Gasteiger partial charge on any atom is -0.382 e. The number of nitrogens with two attached hydrogens (primary N) is 1. The third-order valence-electron chi connectivity index (χ3n) is 8.02. The Balaban J connectivity index is 4.34. The van der Waals surface area contributed by atoms with Crippen LogP contribution in [0, 0.1) is 11.8 Å². The molecule has 7 N–H and O–H groups in total. The highest BCUT2D eigenvalue weighted by molar-refractivity contribution is 5.94. The van der Waals surface area contributed by atoms with Gasteiger partial charge in [0.05, 0.1) is 105 Å². The van der Waals surface area contributed by atoms with E-state index in [9.17, 15) is 24.0 Å². The number of Topliss-reactive ketones (excluding diaryl/α,β-unsaturated/α-hetero) is 1. The maximum Gasteiger partial charge on any atom is 0.312 e. The molecule has 0 heterocycles. The fourth-order valence-electron chi connectivity index (χ4n) is 5.09. The van der Waals surface area contributed by atoms with Gasteiger partial charge >= 0.3 is 6.03 Å². The van der Waals surface area contributed by atoms with Crippen molar-refractivity contribution < 1.29 is 61.9 Å². The van der Waals surface area contributed by atoms with Crippen molar-refractivity contribution in [1.29, 1.82) is 0 Å². The number of methoxy groups -OCH3 is 1. The van der Waals surface area contributed by atoms with E-state index < -0.39 is 36.0 Å². The van der Waals surface area contributed by atoms with Crippen LogP contribution in [0.25, 0.3) is 0 Å². The molecule has 0 saturated carbocycles. The van der Waals surface area contributed by atoms with Crippen LogP contribution in [-0.4, -0.2) is 173 Å². The lowest BCUT2D eigenvalue weighted by Crippen LogP contribution is -2.59. The summed E-state index contributed by atoms with van der Waals surface area (Å²) in [7, 11) is 1.63. The van der Waals surface area contributed by atoms with Crippen LogP contribution in [0.2, 0.25) is 0 Å². The Bertz CT molecular complexity index is 1090. The summed E-state index contributed by atoms with van der Waals surface area (Å²) in [5.41, 5.74) is 5.13. The van der Waals surface area contributed by atoms with Gasteiger partial charge < -0.3 is 70.2 Å². The number of ether oxygens (including phenoxy) is 8. The Morgan fingerprint density at radius 3 is 1.45 bits per heavy atom. The van der Waals surface area contributed by atoms with E-state index in [4.69, 9.17) is 43.6 Å². The van der Waals surface area contributed by atoms with Crippen LogP contribution in [0.15, 0.2) is 0 Å². The van der Waals surface area contributed by atoms with Crippen LogP contribution >= 0.6 is 0 Å². The first-order valence-corrected chi connectivity index (χ1v) is 20.5. The zero-order chi connectivity index (χ0) is 43.4. The van der Waals surface area contributed by atoms with E-state index in [-0.39, 0.29) is 62.1 Å². The van der Waals surface area contributed by atoms with Crippen molar-refractivity contribution in [2.75, 3.05) is 119 Å². The third-order valence-corrected chi connectivity index (χ3v) is 8.02. The van der Waals surface area contributed by atoms with Gasteiger partial charge in [0.2, 0.25) is 17.7 Å². The SMILES string of the molecule is COCCOCCOCCOCCOCCOCCOCCOCCC(=O)NC[C@H](NC(C)C)C(=O)N[C@H](C(=O)N[C@@H](CCCNC(N)=O)C(=O)CC(C)C)C(C)C. The Hall–Kier alpha value is -3.01. The average Bonchev–Trinajstić information content (AvgIpc) is 3.16. The first-order chi connectivity index (χ1) is 27.8. The predicted molar refractivity (Wildman–Crippen MR) is 217 cm³/mol. The molecule has 19 heteroatoms. The normalized spacial score (nSPS) is 13.1. The molecule has 0 bridgehead atoms. The lowest BCUT2D eigenvalue weighted by molar-refractivity contribution is -0.133. The molecule has 0 aromatic rings. The molecule has 0 radical (unpaired) electrons. The van der Waals surface area contributed by atoms with E-state index >= 15 is 0 Å². The number of carbonyl (C=O) groups is 5. The number of ketones is 1. The number of urea groups is 1. The molecule has 340 valence electrons. The lowest BCUT2D eigenvalue weighted by atomic mass is 9.96. The number of rotatable bonds is 40. The van der Waals surface area contributed by atoms with E-state index in [0.29, 0.717) is 105 Å². The topological polar surface area (TPSA) is 245 Å². The fraction of sp³-hybridized carbons (Fsp3) is 0.872. The summed E-state index contributed by atoms with van der Waals surface area (Å²) in [6.45, 7) is 18.0. The van der Waals surface area contributed by atoms with Crippen LogP contribution in [-0.2, 0) is 57.1 Å². The maximum atomic E-state index is 13.4. The molecular formula is C39H76N6O13. The van der Waals surface area contributed by atoms with Gasteiger partial charge in [-0.3, -0.25) is 19.2 Å². The van der Waals surface area contributed by atoms with Gasteiger partial charge in [0.15, 0.2) is 5.78 Å². The molecule has 0 fully saturated rings. The molecule has 0 unspecified atom stereocenters. The van der Waals surface area contributed by atoms with Gasteiger partial charge in [-0.05, 0) is 24.7 Å². The van der Waals surface area contributed by atoms with Crippen LogP contribution in [0.4, 0.5) is 4.79 Å². The van der Waals surface area contributed by atoms with Crippen molar-refractivity contribution in [1.82, 2.24) is 26.6 Å². The van der Waals surface area contributed by atoms with E-state index in [1.54, 1.807) is 21.0 Å². The molecule has 0 aliphatic heterocycles. The molecule has 0 aromatic heterocycles. The third kappa shape index (κ3) is 32.9. The molecule has 0 saturated heterocycles. The van der Waals surface area contributed by atoms with E-state index in [1.165, 1.54) is 0 Å². The predicted octanol–water partition coefficient (Wildman–Crippen LogP) is 0.311. The second-order valence-corrected chi connectivity index (χ2v) is 14.5. The van der Waals surface area contributed by atoms with E-state index in [0.717, 1.165) is 0 Å². The molecule has 0 spiro atoms. The molecule has 0 rings (SSSR count). The van der Waals surface area contributed by atoms with Crippen LogP contribution in [0.3, 0.4) is 0 Å². The molecule has 19 nitrogen and oxygen atoms in total. The smallest absolute Gasteiger partial charge is 0.312 e. The Kier molecular flexibility index (Phi) is 35.1. The Labute approximate surface area is 345 Å². The molecule has 0 aliphatic carbocycles. The van der Waals surface area contributed by atoms with Crippen molar-refractivity contribution in [3.8, 4) is 0 Å². The minimum atomic E-state index is -0.940. The first kappa shape index (κ1) is 55.0. The van der Waals surface area contributed by atoms with Crippen molar-refractivity contribution in [3.05, 3.63) is 0 Å². The van der Waals surface area contributed by atoms with Crippen LogP contribution < -0.4 is 32.3 Å². The highest BCUT2D eigenvalue weighted by atomic mass is 16.6. The van der Waals surface area contributed by atoms with Gasteiger partial charge in [-0.1, -0.05) is 41.5 Å². The standard InChI is InChI=1S/C39H76N6O13/c1-29(2)27-34(46)32(9-8-11-41-39(40)50)44-38(49)36(30(3)4)45-37(48)33(43-31(5)6)28-42-35(47)10-12-52-15-16-54-19-20-56-23-24-58-26-25-57-22-21-55-18-17-53-14-13-51-7/h29-33,36,43H,8-28H2,1-7H3,(H,42,47)(H,44,49)(H,45,48)(H3,40,41,50)/t32-,33-,36-/m0/s1. The first-order valence-electron chi connectivity index (χ1n) is 20.5. The van der Waals surface area contributed by atoms with Crippen LogP contribution in [0.5, 0.6) is 0 Å². The number of carbonyl (C=O) groups excluding carboxylic acids is 5. The van der Waals surface area contributed by atoms with Crippen molar-refractivity contribution >= 4 is 29.5 Å². The Morgan fingerprint density at radius 1 is 0.569 bits per heavy atom. The number of nitrogens with one attached hydrogen (secondary N) is 5.